The van der Waals surface area contributed by atoms with E-state index in [2.05, 4.69) is 0 Å². The van der Waals surface area contributed by atoms with Crippen LogP contribution in [0.15, 0.2) is 0 Å². The molecule has 1 aliphatic rings. The smallest absolute Gasteiger partial charge is 0.441 e. The van der Waals surface area contributed by atoms with Crippen LogP contribution in [0.5, 0.6) is 0 Å². The van der Waals surface area contributed by atoms with E-state index in [9.17, 15) is 4.79 Å². The maximum atomic E-state index is 11.4. The van der Waals surface area contributed by atoms with Crippen LogP contribution < -0.4 is 0 Å². The average molecular weight is 250 g/mol. The molecule has 1 atom stereocenters. The summed E-state index contributed by atoms with van der Waals surface area (Å²) in [6, 6.07) is 0.578. The fourth-order valence-electron chi connectivity index (χ4n) is 1.21. The van der Waals surface area contributed by atoms with Gasteiger partial charge in [-0.25, -0.2) is 4.79 Å². The summed E-state index contributed by atoms with van der Waals surface area (Å²) in [6.45, 7) is 2.83. The third kappa shape index (κ3) is 4.09. The lowest BCUT2D eigenvalue weighted by molar-refractivity contribution is 0.0520. The third-order valence-electron chi connectivity index (χ3n) is 2.21. The number of ether oxygens (including phenoxy) is 2. The van der Waals surface area contributed by atoms with Crippen LogP contribution in [-0.4, -0.2) is 48.5 Å². The van der Waals surface area contributed by atoms with E-state index in [1.807, 2.05) is 6.92 Å². The molecule has 0 bridgehead atoms. The van der Waals surface area contributed by atoms with Crippen molar-refractivity contribution in [2.24, 2.45) is 0 Å². The summed E-state index contributed by atoms with van der Waals surface area (Å²) in [4.78, 5) is 11.4. The van der Waals surface area contributed by atoms with Crippen LogP contribution >= 0.6 is 0 Å². The Morgan fingerprint density at radius 2 is 2.06 bits per heavy atom. The molecule has 0 aromatic heterocycles. The number of epoxide rings is 1. The first-order valence-corrected chi connectivity index (χ1v) is 7.16. The quantitative estimate of drug-likeness (QED) is 0.384. The van der Waals surface area contributed by atoms with Gasteiger partial charge >= 0.3 is 15.0 Å². The summed E-state index contributed by atoms with van der Waals surface area (Å²) < 4.78 is 25.3. The number of hydrogen-bond donors (Lipinski definition) is 0. The predicted octanol–water partition coefficient (Wildman–Crippen LogP) is 1.18. The van der Waals surface area contributed by atoms with Gasteiger partial charge in [-0.3, -0.25) is 0 Å². The van der Waals surface area contributed by atoms with E-state index in [1.54, 1.807) is 0 Å². The van der Waals surface area contributed by atoms with Gasteiger partial charge in [-0.2, -0.15) is 0 Å². The SMILES string of the molecule is CCC[Si](OC)(OC)OC(=O)OCC1CO1. The number of hydrogen-bond acceptors (Lipinski definition) is 6. The highest BCUT2D eigenvalue weighted by Crippen LogP contribution is 2.17. The van der Waals surface area contributed by atoms with Crippen LogP contribution in [0.2, 0.25) is 6.04 Å². The maximum absolute atomic E-state index is 11.4. The highest BCUT2D eigenvalue weighted by molar-refractivity contribution is 6.62. The molecular formula is C9H18O6Si. The largest absolute Gasteiger partial charge is 0.569 e. The molecule has 1 unspecified atom stereocenters. The van der Waals surface area contributed by atoms with Crippen LogP contribution in [0.1, 0.15) is 13.3 Å². The van der Waals surface area contributed by atoms with E-state index in [0.29, 0.717) is 12.7 Å². The van der Waals surface area contributed by atoms with Crippen molar-refractivity contribution < 1.29 is 27.5 Å². The normalized spacial score (nSPS) is 19.3. The Balaban J connectivity index is 2.35. The van der Waals surface area contributed by atoms with Crippen molar-refractivity contribution in [3.05, 3.63) is 0 Å². The molecule has 0 aromatic rings. The molecule has 94 valence electrons. The van der Waals surface area contributed by atoms with Crippen molar-refractivity contribution in [3.8, 4) is 0 Å². The first kappa shape index (κ1) is 13.4. The predicted molar refractivity (Wildman–Crippen MR) is 57.0 cm³/mol. The molecule has 0 N–H and O–H groups in total. The monoisotopic (exact) mass is 250 g/mol. The standard InChI is InChI=1S/C9H18O6Si/c1-4-5-16(11-2,12-3)15-9(10)14-7-8-6-13-8/h8H,4-7H2,1-3H3. The Morgan fingerprint density at radius 3 is 2.50 bits per heavy atom. The van der Waals surface area contributed by atoms with Crippen molar-refractivity contribution in [3.63, 3.8) is 0 Å². The van der Waals surface area contributed by atoms with Gasteiger partial charge in [-0.05, 0) is 0 Å². The minimum Gasteiger partial charge on any atom is -0.441 e. The lowest BCUT2D eigenvalue weighted by Gasteiger charge is -2.24. The molecule has 7 heteroatoms. The molecule has 0 spiro atoms. The van der Waals surface area contributed by atoms with Gasteiger partial charge in [-0.15, -0.1) is 0 Å². The molecule has 0 amide bonds. The lowest BCUT2D eigenvalue weighted by atomic mass is 10.5. The fraction of sp³-hybridized carbons (Fsp3) is 0.889. The van der Waals surface area contributed by atoms with E-state index in [-0.39, 0.29) is 12.7 Å². The van der Waals surface area contributed by atoms with E-state index >= 15 is 0 Å². The zero-order valence-electron chi connectivity index (χ0n) is 9.86. The van der Waals surface area contributed by atoms with Gasteiger partial charge in [0.2, 0.25) is 0 Å². The molecule has 1 aliphatic heterocycles. The fourth-order valence-corrected chi connectivity index (χ4v) is 2.98. The summed E-state index contributed by atoms with van der Waals surface area (Å²) in [5, 5.41) is 0. The van der Waals surface area contributed by atoms with Crippen LogP contribution in [0.25, 0.3) is 0 Å². The molecule has 1 fully saturated rings. The van der Waals surface area contributed by atoms with Crippen molar-refractivity contribution >= 4 is 15.0 Å². The molecular weight excluding hydrogens is 232 g/mol. The Kier molecular flexibility index (Phi) is 5.20. The van der Waals surface area contributed by atoms with Gasteiger partial charge in [0, 0.05) is 20.3 Å². The summed E-state index contributed by atoms with van der Waals surface area (Å²) in [5.74, 6) is 0. The summed E-state index contributed by atoms with van der Waals surface area (Å²) in [5.41, 5.74) is 0. The summed E-state index contributed by atoms with van der Waals surface area (Å²) >= 11 is 0. The van der Waals surface area contributed by atoms with Gasteiger partial charge in [0.15, 0.2) is 0 Å². The number of carbonyl (C=O) groups is 1. The average Bonchev–Trinajstić information content (AvgIpc) is 3.09. The van der Waals surface area contributed by atoms with Gasteiger partial charge < -0.3 is 22.8 Å². The zero-order valence-corrected chi connectivity index (χ0v) is 10.9. The Bertz CT molecular complexity index is 226. The molecule has 0 aliphatic carbocycles. The minimum absolute atomic E-state index is 0.0277. The lowest BCUT2D eigenvalue weighted by Crippen LogP contribution is -2.45. The summed E-state index contributed by atoms with van der Waals surface area (Å²) in [7, 11) is 0.0763. The van der Waals surface area contributed by atoms with Crippen LogP contribution in [-0.2, 0) is 22.8 Å². The van der Waals surface area contributed by atoms with Crippen molar-refractivity contribution in [2.75, 3.05) is 27.4 Å². The Morgan fingerprint density at radius 1 is 1.44 bits per heavy atom. The maximum Gasteiger partial charge on any atom is 0.569 e. The highest BCUT2D eigenvalue weighted by Gasteiger charge is 2.43. The van der Waals surface area contributed by atoms with Gasteiger partial charge in [0.25, 0.3) is 0 Å². The van der Waals surface area contributed by atoms with Crippen molar-refractivity contribution in [2.45, 2.75) is 25.5 Å². The van der Waals surface area contributed by atoms with Gasteiger partial charge in [0.1, 0.15) is 12.7 Å². The highest BCUT2D eigenvalue weighted by atomic mass is 28.4. The second kappa shape index (κ2) is 6.19. The van der Waals surface area contributed by atoms with E-state index in [4.69, 9.17) is 22.8 Å². The minimum atomic E-state index is -2.87. The molecule has 1 rings (SSSR count). The molecule has 1 saturated heterocycles. The van der Waals surface area contributed by atoms with Gasteiger partial charge in [0.05, 0.1) is 6.61 Å². The third-order valence-corrected chi connectivity index (χ3v) is 5.04. The second-order valence-electron chi connectivity index (χ2n) is 3.46. The van der Waals surface area contributed by atoms with Crippen molar-refractivity contribution in [1.29, 1.82) is 0 Å². The topological polar surface area (TPSA) is 66.5 Å². The van der Waals surface area contributed by atoms with Crippen LogP contribution in [0.3, 0.4) is 0 Å². The van der Waals surface area contributed by atoms with E-state index in [0.717, 1.165) is 6.42 Å². The molecule has 0 saturated carbocycles. The molecule has 1 heterocycles. The van der Waals surface area contributed by atoms with Crippen LogP contribution in [0.4, 0.5) is 4.79 Å². The first-order valence-electron chi connectivity index (χ1n) is 5.23. The molecule has 0 aromatic carbocycles. The number of rotatable bonds is 7. The molecule has 16 heavy (non-hydrogen) atoms. The molecule has 0 radical (unpaired) electrons. The first-order chi connectivity index (χ1) is 7.65. The Hall–Kier alpha value is -0.633. The second-order valence-corrected chi connectivity index (χ2v) is 6.35. The van der Waals surface area contributed by atoms with Gasteiger partial charge in [-0.1, -0.05) is 13.3 Å². The number of carbonyl (C=O) groups excluding carboxylic acids is 1. The zero-order chi connectivity index (χ0) is 12.0. The molecule has 6 nitrogen and oxygen atoms in total. The van der Waals surface area contributed by atoms with E-state index in [1.165, 1.54) is 14.2 Å². The van der Waals surface area contributed by atoms with Crippen molar-refractivity contribution in [1.82, 2.24) is 0 Å². The summed E-state index contributed by atoms with van der Waals surface area (Å²) in [6.07, 6.45) is 0.0895. The van der Waals surface area contributed by atoms with E-state index < -0.39 is 15.0 Å². The van der Waals surface area contributed by atoms with Crippen LogP contribution in [0, 0.1) is 0 Å². The Labute approximate surface area is 96.1 Å².